The van der Waals surface area contributed by atoms with Crippen LogP contribution in [0.4, 0.5) is 24.5 Å². The molecule has 3 aromatic rings. The van der Waals surface area contributed by atoms with E-state index in [1.54, 1.807) is 18.4 Å². The van der Waals surface area contributed by atoms with Crippen molar-refractivity contribution in [3.8, 4) is 0 Å². The Morgan fingerprint density at radius 1 is 1.08 bits per heavy atom. The van der Waals surface area contributed by atoms with Gasteiger partial charge >= 0.3 is 6.18 Å². The number of hydrogen-bond acceptors (Lipinski definition) is 4. The number of nitrogens with zero attached hydrogens (tertiary/aromatic N) is 1. The summed E-state index contributed by atoms with van der Waals surface area (Å²) in [6, 6.07) is 11.1. The van der Waals surface area contributed by atoms with E-state index in [0.29, 0.717) is 12.2 Å². The maximum absolute atomic E-state index is 12.7. The number of hydrogen-bond donors (Lipinski definition) is 2. The molecule has 8 heteroatoms. The lowest BCUT2D eigenvalue weighted by atomic mass is 10.2. The second kappa shape index (κ2) is 7.30. The van der Waals surface area contributed by atoms with Gasteiger partial charge in [-0.1, -0.05) is 6.07 Å². The van der Waals surface area contributed by atoms with Crippen LogP contribution < -0.4 is 10.6 Å². The van der Waals surface area contributed by atoms with Gasteiger partial charge in [0, 0.05) is 5.69 Å². The molecule has 0 aliphatic carbocycles. The standard InChI is InChI=1S/C18H14F3N3O2/c19-18(20,21)12-3-1-4-13(9-12)24-17(25)16-7-6-14(10-23-16)22-11-15-5-2-8-26-15/h1-10,22H,11H2,(H,24,25). The number of halogens is 3. The maximum Gasteiger partial charge on any atom is 0.416 e. The minimum absolute atomic E-state index is 0.0478. The van der Waals surface area contributed by atoms with E-state index in [2.05, 4.69) is 15.6 Å². The number of carbonyl (C=O) groups is 1. The van der Waals surface area contributed by atoms with Crippen LogP contribution in [0, 0.1) is 0 Å². The molecule has 0 bridgehead atoms. The number of rotatable bonds is 5. The third-order valence-electron chi connectivity index (χ3n) is 3.49. The van der Waals surface area contributed by atoms with Gasteiger partial charge in [0.05, 0.1) is 30.3 Å². The maximum atomic E-state index is 12.7. The van der Waals surface area contributed by atoms with E-state index >= 15 is 0 Å². The minimum atomic E-state index is -4.47. The summed E-state index contributed by atoms with van der Waals surface area (Å²) in [4.78, 5) is 16.2. The Kier molecular flexibility index (Phi) is 4.92. The van der Waals surface area contributed by atoms with E-state index in [1.807, 2.05) is 6.07 Å². The van der Waals surface area contributed by atoms with E-state index in [0.717, 1.165) is 17.9 Å². The van der Waals surface area contributed by atoms with Crippen molar-refractivity contribution in [1.82, 2.24) is 4.98 Å². The topological polar surface area (TPSA) is 67.2 Å². The molecule has 0 radical (unpaired) electrons. The van der Waals surface area contributed by atoms with E-state index in [4.69, 9.17) is 4.42 Å². The highest BCUT2D eigenvalue weighted by Gasteiger charge is 2.30. The first kappa shape index (κ1) is 17.5. The van der Waals surface area contributed by atoms with Gasteiger partial charge in [0.1, 0.15) is 11.5 Å². The monoisotopic (exact) mass is 361 g/mol. The number of furan rings is 1. The number of aromatic nitrogens is 1. The third kappa shape index (κ3) is 4.41. The van der Waals surface area contributed by atoms with Crippen LogP contribution >= 0.6 is 0 Å². The van der Waals surface area contributed by atoms with Gasteiger partial charge in [0.2, 0.25) is 0 Å². The highest BCUT2D eigenvalue weighted by Crippen LogP contribution is 2.30. The van der Waals surface area contributed by atoms with Crippen LogP contribution in [0.3, 0.4) is 0 Å². The smallest absolute Gasteiger partial charge is 0.416 e. The predicted molar refractivity (Wildman–Crippen MR) is 89.7 cm³/mol. The SMILES string of the molecule is O=C(Nc1cccc(C(F)(F)F)c1)c1ccc(NCc2ccco2)cn1. The van der Waals surface area contributed by atoms with Gasteiger partial charge in [-0.3, -0.25) is 4.79 Å². The fourth-order valence-electron chi connectivity index (χ4n) is 2.20. The molecule has 2 N–H and O–H groups in total. The Balaban J connectivity index is 1.63. The molecule has 0 spiro atoms. The summed E-state index contributed by atoms with van der Waals surface area (Å²) in [5, 5.41) is 5.48. The molecule has 134 valence electrons. The number of amides is 1. The molecule has 2 heterocycles. The van der Waals surface area contributed by atoms with Crippen LogP contribution in [-0.2, 0) is 12.7 Å². The molecule has 0 atom stereocenters. The van der Waals surface area contributed by atoms with Gasteiger partial charge in [0.15, 0.2) is 0 Å². The van der Waals surface area contributed by atoms with Gasteiger partial charge in [-0.15, -0.1) is 0 Å². The number of alkyl halides is 3. The highest BCUT2D eigenvalue weighted by atomic mass is 19.4. The second-order valence-corrected chi connectivity index (χ2v) is 5.40. The van der Waals surface area contributed by atoms with Crippen molar-refractivity contribution >= 4 is 17.3 Å². The first-order valence-electron chi connectivity index (χ1n) is 7.63. The number of pyridine rings is 1. The van der Waals surface area contributed by atoms with Gasteiger partial charge in [-0.05, 0) is 42.5 Å². The molecule has 1 amide bonds. The zero-order valence-corrected chi connectivity index (χ0v) is 13.4. The zero-order valence-electron chi connectivity index (χ0n) is 13.4. The first-order chi connectivity index (χ1) is 12.4. The van der Waals surface area contributed by atoms with Crippen molar-refractivity contribution in [2.24, 2.45) is 0 Å². The molecule has 0 saturated carbocycles. The largest absolute Gasteiger partial charge is 0.467 e. The molecular weight excluding hydrogens is 347 g/mol. The fourth-order valence-corrected chi connectivity index (χ4v) is 2.20. The summed E-state index contributed by atoms with van der Waals surface area (Å²) in [5.74, 6) is 0.151. The van der Waals surface area contributed by atoms with E-state index in [9.17, 15) is 18.0 Å². The molecule has 5 nitrogen and oxygen atoms in total. The lowest BCUT2D eigenvalue weighted by molar-refractivity contribution is -0.137. The summed E-state index contributed by atoms with van der Waals surface area (Å²) in [6.07, 6.45) is -1.44. The van der Waals surface area contributed by atoms with Gasteiger partial charge in [-0.25, -0.2) is 4.98 Å². The Morgan fingerprint density at radius 2 is 1.92 bits per heavy atom. The van der Waals surface area contributed by atoms with Crippen molar-refractivity contribution in [3.63, 3.8) is 0 Å². The normalized spacial score (nSPS) is 11.2. The predicted octanol–water partition coefficient (Wildman–Crippen LogP) is 4.56. The van der Waals surface area contributed by atoms with Crippen molar-refractivity contribution in [3.05, 3.63) is 78.0 Å². The van der Waals surface area contributed by atoms with Crippen molar-refractivity contribution in [2.45, 2.75) is 12.7 Å². The second-order valence-electron chi connectivity index (χ2n) is 5.40. The summed E-state index contributed by atoms with van der Waals surface area (Å²) in [6.45, 7) is 0.463. The third-order valence-corrected chi connectivity index (χ3v) is 3.49. The summed E-state index contributed by atoms with van der Waals surface area (Å²) in [7, 11) is 0. The van der Waals surface area contributed by atoms with Crippen LogP contribution in [0.15, 0.2) is 65.4 Å². The molecule has 3 rings (SSSR count). The van der Waals surface area contributed by atoms with Crippen LogP contribution in [0.2, 0.25) is 0 Å². The zero-order chi connectivity index (χ0) is 18.6. The Bertz CT molecular complexity index is 875. The Labute approximate surface area is 146 Å². The molecule has 0 aliphatic heterocycles. The number of carbonyl (C=O) groups excluding carboxylic acids is 1. The number of benzene rings is 1. The van der Waals surface area contributed by atoms with Crippen molar-refractivity contribution < 1.29 is 22.4 Å². The molecule has 1 aromatic carbocycles. The fraction of sp³-hybridized carbons (Fsp3) is 0.111. The Morgan fingerprint density at radius 3 is 2.58 bits per heavy atom. The quantitative estimate of drug-likeness (QED) is 0.699. The Hall–Kier alpha value is -3.29. The highest BCUT2D eigenvalue weighted by molar-refractivity contribution is 6.03. The van der Waals surface area contributed by atoms with E-state index in [1.165, 1.54) is 24.4 Å². The van der Waals surface area contributed by atoms with Crippen molar-refractivity contribution in [2.75, 3.05) is 10.6 Å². The van der Waals surface area contributed by atoms with Gasteiger partial charge in [-0.2, -0.15) is 13.2 Å². The lowest BCUT2D eigenvalue weighted by Gasteiger charge is -2.10. The molecule has 26 heavy (non-hydrogen) atoms. The van der Waals surface area contributed by atoms with E-state index < -0.39 is 17.6 Å². The number of anilines is 2. The van der Waals surface area contributed by atoms with Crippen LogP contribution in [0.1, 0.15) is 21.8 Å². The summed E-state index contributed by atoms with van der Waals surface area (Å²) in [5.41, 5.74) is -0.0182. The average Bonchev–Trinajstić information content (AvgIpc) is 3.13. The van der Waals surface area contributed by atoms with Crippen LogP contribution in [0.25, 0.3) is 0 Å². The summed E-state index contributed by atoms with van der Waals surface area (Å²) >= 11 is 0. The summed E-state index contributed by atoms with van der Waals surface area (Å²) < 4.78 is 43.3. The van der Waals surface area contributed by atoms with Gasteiger partial charge in [0.25, 0.3) is 5.91 Å². The van der Waals surface area contributed by atoms with E-state index in [-0.39, 0.29) is 11.4 Å². The minimum Gasteiger partial charge on any atom is -0.467 e. The van der Waals surface area contributed by atoms with Gasteiger partial charge < -0.3 is 15.1 Å². The molecule has 0 saturated heterocycles. The molecule has 0 unspecified atom stereocenters. The molecule has 0 fully saturated rings. The van der Waals surface area contributed by atoms with Crippen LogP contribution in [-0.4, -0.2) is 10.9 Å². The number of nitrogens with one attached hydrogen (secondary N) is 2. The molecule has 0 aliphatic rings. The lowest BCUT2D eigenvalue weighted by Crippen LogP contribution is -2.14. The van der Waals surface area contributed by atoms with Crippen LogP contribution in [0.5, 0.6) is 0 Å². The van der Waals surface area contributed by atoms with Crippen molar-refractivity contribution in [1.29, 1.82) is 0 Å². The molecule has 2 aromatic heterocycles. The first-order valence-corrected chi connectivity index (χ1v) is 7.63. The molecular formula is C18H14F3N3O2. The average molecular weight is 361 g/mol.